The van der Waals surface area contributed by atoms with Crippen molar-refractivity contribution in [2.45, 2.75) is 132 Å². The summed E-state index contributed by atoms with van der Waals surface area (Å²) in [6, 6.07) is 13.4. The van der Waals surface area contributed by atoms with E-state index in [1.807, 2.05) is 41.3 Å². The number of nitrogens with zero attached hydrogens (tertiary/aromatic N) is 3. The van der Waals surface area contributed by atoms with Gasteiger partial charge in [-0.15, -0.1) is 0 Å². The number of amides is 8. The summed E-state index contributed by atoms with van der Waals surface area (Å²) in [5.41, 5.74) is 2.98. The molecule has 3 saturated heterocycles. The second-order valence-corrected chi connectivity index (χ2v) is 22.5. The number of ether oxygens (including phenoxy) is 1. The van der Waals surface area contributed by atoms with Crippen LogP contribution in [0, 0.1) is 11.8 Å². The van der Waals surface area contributed by atoms with Crippen LogP contribution in [0.1, 0.15) is 133 Å². The average molecular weight is 1130 g/mol. The molecule has 8 amide bonds. The molecule has 8 rings (SSSR count). The van der Waals surface area contributed by atoms with Gasteiger partial charge in [-0.2, -0.15) is 8.78 Å². The van der Waals surface area contributed by atoms with E-state index >= 15 is 0 Å². The number of hydrogen-bond donors (Lipinski definition) is 8. The zero-order valence-electron chi connectivity index (χ0n) is 44.2. The summed E-state index contributed by atoms with van der Waals surface area (Å²) in [5, 5.41) is 10.9. The van der Waals surface area contributed by atoms with Crippen molar-refractivity contribution in [2.24, 2.45) is 5.73 Å². The molecular weight excluding hydrogens is 1060 g/mol. The van der Waals surface area contributed by atoms with Crippen LogP contribution in [0.4, 0.5) is 8.78 Å². The summed E-state index contributed by atoms with van der Waals surface area (Å²) >= 11 is 0. The maximum absolute atomic E-state index is 14.5. The number of likely N-dealkylation sites (N-methyl/N-ethyl adjacent to an activating group) is 1. The number of alkyl halides is 2. The van der Waals surface area contributed by atoms with Crippen LogP contribution in [-0.2, 0) is 50.3 Å². The third-order valence-corrected chi connectivity index (χ3v) is 16.1. The first kappa shape index (κ1) is 58.8. The topological polar surface area (TPSA) is 303 Å². The maximum atomic E-state index is 14.5. The standard InChI is InChI=1S/C56H66F2N9O12P/c1-65-27-26-38-19-22-47(67(38)55(75)44(32-65)62-51(71)43-30-36-29-37(18-20-41(36)60-43)56(57,58)80(76,77)78)53(73)61-42(21-24-48(59)68)50(70)63-45(35-14-9-7-10-15-35)33-79-28-11-6-4-2-3-5-8-13-34-16-12-17-39-40(34)31-66(54(39)74)46-23-25-49(69)64-52(46)72/h7,9-10,12,14-18,20,29-30,38,42,44-47,60H,2-6,11,19,21-28,31-33H2,1H3,(H2,59,68)(H,61,73)(H,62,71)(H,63,70)(H,64,69,72)(H2,76,77,78)/t38-,42?,44+,45?,46?,47+/m1/s1. The lowest BCUT2D eigenvalue weighted by molar-refractivity contribution is -0.144. The fraction of sp³-hybridized carbons (Fsp3) is 0.464. The molecular formula is C56H66F2N9O12P. The van der Waals surface area contributed by atoms with Crippen molar-refractivity contribution >= 4 is 65.8 Å². The summed E-state index contributed by atoms with van der Waals surface area (Å²) in [5.74, 6) is 2.13. The van der Waals surface area contributed by atoms with E-state index in [1.165, 1.54) is 15.9 Å². The van der Waals surface area contributed by atoms with E-state index in [0.717, 1.165) is 67.0 Å². The van der Waals surface area contributed by atoms with Gasteiger partial charge in [0.25, 0.3) is 11.8 Å². The molecule has 3 aromatic carbocycles. The summed E-state index contributed by atoms with van der Waals surface area (Å²) < 4.78 is 46.7. The van der Waals surface area contributed by atoms with Crippen LogP contribution in [0.25, 0.3) is 10.9 Å². The van der Waals surface area contributed by atoms with Crippen LogP contribution in [0.5, 0.6) is 0 Å². The number of nitrogens with two attached hydrogens (primary N) is 1. The van der Waals surface area contributed by atoms with Crippen LogP contribution in [0.3, 0.4) is 0 Å². The average Bonchev–Trinajstić information content (AvgIpc) is 4.20. The van der Waals surface area contributed by atoms with Gasteiger partial charge < -0.3 is 55.9 Å². The number of benzene rings is 3. The maximum Gasteiger partial charge on any atom is 0.399 e. The van der Waals surface area contributed by atoms with Crippen molar-refractivity contribution in [3.8, 4) is 11.8 Å². The number of halogens is 2. The molecule has 80 heavy (non-hydrogen) atoms. The molecule has 1 aromatic heterocycles. The van der Waals surface area contributed by atoms with E-state index in [1.54, 1.807) is 19.2 Å². The van der Waals surface area contributed by atoms with Gasteiger partial charge in [0.1, 0.15) is 29.9 Å². The highest BCUT2D eigenvalue weighted by molar-refractivity contribution is 7.52. The van der Waals surface area contributed by atoms with Gasteiger partial charge in [-0.3, -0.25) is 48.2 Å². The molecule has 4 aliphatic rings. The normalized spacial score (nSPS) is 20.4. The highest BCUT2D eigenvalue weighted by Crippen LogP contribution is 2.59. The van der Waals surface area contributed by atoms with Gasteiger partial charge in [0.15, 0.2) is 0 Å². The van der Waals surface area contributed by atoms with Crippen LogP contribution in [-0.4, -0.2) is 140 Å². The monoisotopic (exact) mass is 1130 g/mol. The Morgan fingerprint density at radius 3 is 2.44 bits per heavy atom. The Morgan fingerprint density at radius 2 is 1.69 bits per heavy atom. The number of aromatic amines is 1. The Morgan fingerprint density at radius 1 is 0.925 bits per heavy atom. The van der Waals surface area contributed by atoms with Crippen molar-refractivity contribution < 1.29 is 66.2 Å². The smallest absolute Gasteiger partial charge is 0.379 e. The van der Waals surface area contributed by atoms with E-state index < -0.39 is 90.5 Å². The lowest BCUT2D eigenvalue weighted by Crippen LogP contribution is -2.61. The molecule has 0 aliphatic carbocycles. The first-order valence-corrected chi connectivity index (χ1v) is 28.5. The number of rotatable bonds is 22. The zero-order valence-corrected chi connectivity index (χ0v) is 45.1. The molecule has 0 spiro atoms. The molecule has 0 saturated carbocycles. The van der Waals surface area contributed by atoms with E-state index in [9.17, 15) is 61.5 Å². The lowest BCUT2D eigenvalue weighted by Gasteiger charge is -2.38. The Balaban J connectivity index is 0.829. The molecule has 24 heteroatoms. The molecule has 9 N–H and O–H groups in total. The van der Waals surface area contributed by atoms with Crippen molar-refractivity contribution in [1.82, 2.24) is 41.0 Å². The van der Waals surface area contributed by atoms with Gasteiger partial charge in [-0.1, -0.05) is 73.6 Å². The molecule has 21 nitrogen and oxygen atoms in total. The Bertz CT molecular complexity index is 3120. The summed E-state index contributed by atoms with van der Waals surface area (Å²) in [4.78, 5) is 132. The minimum atomic E-state index is -5.86. The van der Waals surface area contributed by atoms with Crippen molar-refractivity contribution in [1.29, 1.82) is 0 Å². The molecule has 426 valence electrons. The predicted octanol–water partition coefficient (Wildman–Crippen LogP) is 3.97. The third-order valence-electron chi connectivity index (χ3n) is 15.1. The fourth-order valence-corrected chi connectivity index (χ4v) is 11.2. The number of H-pyrrole nitrogens is 1. The number of imide groups is 1. The van der Waals surface area contributed by atoms with Crippen molar-refractivity contribution in [3.05, 3.63) is 106 Å². The van der Waals surface area contributed by atoms with Crippen LogP contribution >= 0.6 is 7.60 Å². The highest BCUT2D eigenvalue weighted by Gasteiger charge is 2.51. The second-order valence-electron chi connectivity index (χ2n) is 20.8. The molecule has 6 atom stereocenters. The quantitative estimate of drug-likeness (QED) is 0.0240. The minimum absolute atomic E-state index is 0.0472. The minimum Gasteiger partial charge on any atom is -0.379 e. The number of aromatic nitrogens is 1. The number of nitrogens with one attached hydrogen (secondary N) is 5. The van der Waals surface area contributed by atoms with Gasteiger partial charge in [0.05, 0.1) is 12.6 Å². The zero-order chi connectivity index (χ0) is 57.3. The summed E-state index contributed by atoms with van der Waals surface area (Å²) in [6.07, 6.45) is 6.31. The highest BCUT2D eigenvalue weighted by atomic mass is 31.2. The molecule has 4 aliphatic heterocycles. The van der Waals surface area contributed by atoms with Gasteiger partial charge in [0, 0.05) is 72.6 Å². The lowest BCUT2D eigenvalue weighted by atomic mass is 10.0. The van der Waals surface area contributed by atoms with Crippen LogP contribution < -0.4 is 27.0 Å². The molecule has 3 unspecified atom stereocenters. The van der Waals surface area contributed by atoms with E-state index in [4.69, 9.17) is 10.5 Å². The number of carbonyl (C=O) groups is 8. The second kappa shape index (κ2) is 25.8. The van der Waals surface area contributed by atoms with Crippen LogP contribution in [0.2, 0.25) is 0 Å². The molecule has 0 bridgehead atoms. The van der Waals surface area contributed by atoms with E-state index in [0.29, 0.717) is 38.0 Å². The van der Waals surface area contributed by atoms with Gasteiger partial charge in [0.2, 0.25) is 35.4 Å². The molecule has 0 radical (unpaired) electrons. The summed E-state index contributed by atoms with van der Waals surface area (Å²) in [6.45, 7) is 1.31. The van der Waals surface area contributed by atoms with Gasteiger partial charge in [-0.05, 0) is 100.0 Å². The number of piperidine rings is 1. The first-order valence-electron chi connectivity index (χ1n) is 26.9. The number of unbranched alkanes of at least 4 members (excludes halogenated alkanes) is 5. The van der Waals surface area contributed by atoms with Crippen LogP contribution in [0.15, 0.2) is 72.8 Å². The largest absolute Gasteiger partial charge is 0.399 e. The van der Waals surface area contributed by atoms with E-state index in [2.05, 4.69) is 38.1 Å². The van der Waals surface area contributed by atoms with Crippen molar-refractivity contribution in [2.75, 3.05) is 33.4 Å². The fourth-order valence-electron chi connectivity index (χ4n) is 10.8. The first-order chi connectivity index (χ1) is 38.2. The SMILES string of the molecule is CN1CC[C@H]2CC[C@@H](C(=O)NC(CCC(N)=O)C(=O)NC(COCCCCCCCC#Cc3cccc4c3CN(C3CCC(=O)NC3=O)C4=O)c3ccccc3)N2C(=O)[C@@H](NC(=O)c2cc3cc(C(F)(F)P(=O)(O)O)ccc3[nH]2)C1. The van der Waals surface area contributed by atoms with Gasteiger partial charge in [-0.25, -0.2) is 0 Å². The third kappa shape index (κ3) is 14.0. The summed E-state index contributed by atoms with van der Waals surface area (Å²) in [7, 11) is -4.09. The number of carbonyl (C=O) groups excluding carboxylic acids is 8. The van der Waals surface area contributed by atoms with E-state index in [-0.39, 0.29) is 80.2 Å². The Labute approximate surface area is 460 Å². The predicted molar refractivity (Wildman–Crippen MR) is 287 cm³/mol. The van der Waals surface area contributed by atoms with Crippen molar-refractivity contribution in [3.63, 3.8) is 0 Å². The molecule has 4 aromatic rings. The van der Waals surface area contributed by atoms with Gasteiger partial charge >= 0.3 is 13.3 Å². The number of fused-ring (bicyclic) bond motifs is 3. The molecule has 3 fully saturated rings. The number of hydrogen-bond acceptors (Lipinski definition) is 11. The number of primary amides is 1. The molecule has 5 heterocycles. The Hall–Kier alpha value is -7.35. The Kier molecular flexibility index (Phi) is 19.0.